The van der Waals surface area contributed by atoms with Crippen molar-refractivity contribution in [3.63, 3.8) is 0 Å². The molecule has 0 aliphatic carbocycles. The number of nitrogens with zero attached hydrogens (tertiary/aromatic N) is 3. The van der Waals surface area contributed by atoms with Crippen molar-refractivity contribution in [2.45, 2.75) is 11.9 Å². The fraction of sp³-hybridized carbons (Fsp3) is 0.143. The van der Waals surface area contributed by atoms with Crippen LogP contribution in [0.4, 0.5) is 10.1 Å². The molecular formula is C14H11FN4O2S. The van der Waals surface area contributed by atoms with Crippen LogP contribution in [0.1, 0.15) is 5.69 Å². The molecular weight excluding hydrogens is 307 g/mol. The Morgan fingerprint density at radius 2 is 2.09 bits per heavy atom. The first-order valence-corrected chi connectivity index (χ1v) is 7.37. The highest BCUT2D eigenvalue weighted by Gasteiger charge is 2.13. The van der Waals surface area contributed by atoms with Crippen LogP contribution in [-0.2, 0) is 4.79 Å². The molecule has 0 spiro atoms. The van der Waals surface area contributed by atoms with Gasteiger partial charge in [0, 0.05) is 5.69 Å². The van der Waals surface area contributed by atoms with E-state index >= 15 is 0 Å². The van der Waals surface area contributed by atoms with Gasteiger partial charge in [0.2, 0.25) is 5.91 Å². The maximum atomic E-state index is 12.8. The van der Waals surface area contributed by atoms with E-state index in [1.54, 1.807) is 6.92 Å². The Kier molecular flexibility index (Phi) is 4.01. The Morgan fingerprint density at radius 1 is 1.32 bits per heavy atom. The van der Waals surface area contributed by atoms with Crippen LogP contribution >= 0.6 is 11.8 Å². The number of hydrogen-bond donors (Lipinski definition) is 1. The zero-order valence-corrected chi connectivity index (χ0v) is 12.4. The van der Waals surface area contributed by atoms with Crippen LogP contribution in [0.5, 0.6) is 0 Å². The number of carbonyl (C=O) groups is 1. The molecule has 1 aromatic carbocycles. The molecule has 2 aromatic heterocycles. The van der Waals surface area contributed by atoms with Gasteiger partial charge in [0.15, 0.2) is 0 Å². The van der Waals surface area contributed by atoms with E-state index in [0.717, 1.165) is 0 Å². The molecule has 0 bridgehead atoms. The molecule has 8 heteroatoms. The smallest absolute Gasteiger partial charge is 0.262 e. The molecule has 112 valence electrons. The van der Waals surface area contributed by atoms with Gasteiger partial charge in [0.25, 0.3) is 5.71 Å². The number of nitrogens with one attached hydrogen (secondary N) is 1. The van der Waals surface area contributed by atoms with E-state index in [2.05, 4.69) is 20.4 Å². The molecule has 0 unspecified atom stereocenters. The maximum absolute atomic E-state index is 12.8. The lowest BCUT2D eigenvalue weighted by molar-refractivity contribution is -0.113. The first-order valence-electron chi connectivity index (χ1n) is 6.38. The van der Waals surface area contributed by atoms with Crippen molar-refractivity contribution < 1.29 is 13.7 Å². The summed E-state index contributed by atoms with van der Waals surface area (Å²) >= 11 is 1.26. The topological polar surface area (TPSA) is 80.9 Å². The lowest BCUT2D eigenvalue weighted by Crippen LogP contribution is -2.14. The van der Waals surface area contributed by atoms with Crippen LogP contribution in [0.15, 0.2) is 40.1 Å². The summed E-state index contributed by atoms with van der Waals surface area (Å²) in [7, 11) is 0. The number of anilines is 1. The lowest BCUT2D eigenvalue weighted by atomic mass is 10.3. The van der Waals surface area contributed by atoms with Gasteiger partial charge >= 0.3 is 0 Å². The summed E-state index contributed by atoms with van der Waals surface area (Å²) in [5.41, 5.74) is 1.62. The van der Waals surface area contributed by atoms with Crippen molar-refractivity contribution in [1.29, 1.82) is 0 Å². The summed E-state index contributed by atoms with van der Waals surface area (Å²) in [4.78, 5) is 20.1. The number of carbonyl (C=O) groups excluding carboxylic acids is 1. The van der Waals surface area contributed by atoms with Crippen molar-refractivity contribution in [1.82, 2.24) is 15.1 Å². The molecule has 1 amide bonds. The molecule has 0 atom stereocenters. The fourth-order valence-corrected chi connectivity index (χ4v) is 2.71. The van der Waals surface area contributed by atoms with Crippen LogP contribution in [0.2, 0.25) is 0 Å². The highest BCUT2D eigenvalue weighted by molar-refractivity contribution is 8.00. The fourth-order valence-electron chi connectivity index (χ4n) is 1.86. The molecule has 2 heterocycles. The third kappa shape index (κ3) is 3.06. The van der Waals surface area contributed by atoms with Gasteiger partial charge in [-0.2, -0.15) is 4.98 Å². The summed E-state index contributed by atoms with van der Waals surface area (Å²) in [5.74, 6) is -0.398. The molecule has 0 saturated carbocycles. The molecule has 0 aliphatic heterocycles. The average molecular weight is 318 g/mol. The molecule has 22 heavy (non-hydrogen) atoms. The van der Waals surface area contributed by atoms with Gasteiger partial charge in [-0.05, 0) is 31.2 Å². The van der Waals surface area contributed by atoms with Gasteiger partial charge in [-0.1, -0.05) is 16.9 Å². The van der Waals surface area contributed by atoms with Crippen molar-refractivity contribution in [2.24, 2.45) is 0 Å². The second-order valence-electron chi connectivity index (χ2n) is 4.47. The van der Waals surface area contributed by atoms with Gasteiger partial charge in [-0.15, -0.1) is 0 Å². The SMILES string of the molecule is Cc1noc2ncnc(SCC(=O)Nc3ccc(F)cc3)c12. The highest BCUT2D eigenvalue weighted by Crippen LogP contribution is 2.26. The van der Waals surface area contributed by atoms with E-state index in [9.17, 15) is 9.18 Å². The molecule has 0 aliphatic rings. The number of benzene rings is 1. The summed E-state index contributed by atoms with van der Waals surface area (Å²) in [6, 6.07) is 5.59. The van der Waals surface area contributed by atoms with Gasteiger partial charge in [-0.3, -0.25) is 4.79 Å². The minimum Gasteiger partial charge on any atom is -0.335 e. The number of rotatable bonds is 4. The molecule has 3 aromatic rings. The molecule has 3 rings (SSSR count). The summed E-state index contributed by atoms with van der Waals surface area (Å²) < 4.78 is 17.9. The van der Waals surface area contributed by atoms with Crippen LogP contribution in [0, 0.1) is 12.7 Å². The predicted molar refractivity (Wildman–Crippen MR) is 80.1 cm³/mol. The Hall–Kier alpha value is -2.48. The summed E-state index contributed by atoms with van der Waals surface area (Å²) in [5, 5.41) is 7.87. The van der Waals surface area contributed by atoms with Crippen LogP contribution < -0.4 is 5.32 Å². The Bertz CT molecular complexity index is 819. The van der Waals surface area contributed by atoms with Gasteiger partial charge in [-0.25, -0.2) is 9.37 Å². The highest BCUT2D eigenvalue weighted by atomic mass is 32.2. The van der Waals surface area contributed by atoms with Crippen LogP contribution in [0.25, 0.3) is 11.1 Å². The average Bonchev–Trinajstić information content (AvgIpc) is 2.90. The van der Waals surface area contributed by atoms with Crippen molar-refractivity contribution in [3.05, 3.63) is 42.1 Å². The molecule has 1 N–H and O–H groups in total. The van der Waals surface area contributed by atoms with Crippen molar-refractivity contribution >= 4 is 34.5 Å². The number of halogens is 1. The predicted octanol–water partition coefficient (Wildman–Crippen LogP) is 2.80. The first-order chi connectivity index (χ1) is 10.6. The van der Waals surface area contributed by atoms with E-state index in [1.807, 2.05) is 0 Å². The number of aromatic nitrogens is 3. The maximum Gasteiger partial charge on any atom is 0.262 e. The lowest BCUT2D eigenvalue weighted by Gasteiger charge is -2.05. The monoisotopic (exact) mass is 318 g/mol. The second kappa shape index (κ2) is 6.10. The number of amides is 1. The normalized spacial score (nSPS) is 10.8. The van der Waals surface area contributed by atoms with E-state index in [-0.39, 0.29) is 17.5 Å². The number of aryl methyl sites for hydroxylation is 1. The zero-order chi connectivity index (χ0) is 15.5. The van der Waals surface area contributed by atoms with Gasteiger partial charge in [0.1, 0.15) is 17.2 Å². The number of hydrogen-bond acceptors (Lipinski definition) is 6. The third-order valence-electron chi connectivity index (χ3n) is 2.88. The summed E-state index contributed by atoms with van der Waals surface area (Å²) in [6.45, 7) is 1.79. The van der Waals surface area contributed by atoms with Crippen molar-refractivity contribution in [3.8, 4) is 0 Å². The molecule has 0 saturated heterocycles. The third-order valence-corrected chi connectivity index (χ3v) is 3.87. The van der Waals surface area contributed by atoms with Crippen LogP contribution in [-0.4, -0.2) is 26.8 Å². The quantitative estimate of drug-likeness (QED) is 0.588. The Morgan fingerprint density at radius 3 is 2.86 bits per heavy atom. The standard InChI is InChI=1S/C14H11FN4O2S/c1-8-12-13(21-19-8)16-7-17-14(12)22-6-11(20)18-10-4-2-9(15)3-5-10/h2-5,7H,6H2,1H3,(H,18,20). The minimum absolute atomic E-state index is 0.161. The van der Waals surface area contributed by atoms with Crippen LogP contribution in [0.3, 0.4) is 0 Å². The number of thioether (sulfide) groups is 1. The molecule has 6 nitrogen and oxygen atoms in total. The first kappa shape index (κ1) is 14.5. The minimum atomic E-state index is -0.348. The second-order valence-corrected chi connectivity index (χ2v) is 5.43. The summed E-state index contributed by atoms with van der Waals surface area (Å²) in [6.07, 6.45) is 1.37. The van der Waals surface area contributed by atoms with E-state index in [0.29, 0.717) is 27.5 Å². The number of fused-ring (bicyclic) bond motifs is 1. The van der Waals surface area contributed by atoms with E-state index in [1.165, 1.54) is 42.4 Å². The molecule has 0 fully saturated rings. The zero-order valence-electron chi connectivity index (χ0n) is 11.5. The van der Waals surface area contributed by atoms with E-state index < -0.39 is 0 Å². The Balaban J connectivity index is 1.67. The van der Waals surface area contributed by atoms with Crippen molar-refractivity contribution in [2.75, 3.05) is 11.1 Å². The van der Waals surface area contributed by atoms with Gasteiger partial charge < -0.3 is 9.84 Å². The largest absolute Gasteiger partial charge is 0.335 e. The Labute approximate surface area is 129 Å². The van der Waals surface area contributed by atoms with Gasteiger partial charge in [0.05, 0.1) is 16.8 Å². The molecule has 0 radical (unpaired) electrons. The van der Waals surface area contributed by atoms with E-state index in [4.69, 9.17) is 4.52 Å².